The summed E-state index contributed by atoms with van der Waals surface area (Å²) < 4.78 is 28.2. The summed E-state index contributed by atoms with van der Waals surface area (Å²) in [6.45, 7) is -0.782. The monoisotopic (exact) mass is 298 g/mol. The predicted molar refractivity (Wildman–Crippen MR) is 72.9 cm³/mol. The lowest BCUT2D eigenvalue weighted by Crippen LogP contribution is -2.16. The van der Waals surface area contributed by atoms with E-state index in [-0.39, 0.29) is 25.5 Å². The van der Waals surface area contributed by atoms with Gasteiger partial charge >= 0.3 is 0 Å². The topological polar surface area (TPSA) is 71.5 Å². The normalized spacial score (nSPS) is 10.1. The molecule has 1 aromatic heterocycles. The molecule has 0 aliphatic rings. The molecule has 1 aromatic rings. The van der Waals surface area contributed by atoms with Gasteiger partial charge in [-0.2, -0.15) is 0 Å². The van der Waals surface area contributed by atoms with Gasteiger partial charge in [-0.15, -0.1) is 0 Å². The van der Waals surface area contributed by atoms with Gasteiger partial charge in [0.25, 0.3) is 6.43 Å². The van der Waals surface area contributed by atoms with Crippen LogP contribution in [-0.2, 0) is 9.53 Å². The Hall–Kier alpha value is -2.04. The van der Waals surface area contributed by atoms with E-state index in [9.17, 15) is 13.6 Å². The Morgan fingerprint density at radius 2 is 2.29 bits per heavy atom. The van der Waals surface area contributed by atoms with E-state index in [0.29, 0.717) is 17.9 Å². The molecule has 7 heteroatoms. The number of halogens is 2. The van der Waals surface area contributed by atoms with Gasteiger partial charge in [-0.25, -0.2) is 13.8 Å². The molecule has 0 fully saturated rings. The Balaban J connectivity index is 2.42. The minimum Gasteiger partial charge on any atom is -0.395 e. The number of rotatable bonds is 7. The lowest BCUT2D eigenvalue weighted by molar-refractivity contribution is -0.117. The van der Waals surface area contributed by atoms with E-state index in [4.69, 9.17) is 5.11 Å². The average molecular weight is 298 g/mol. The molecule has 21 heavy (non-hydrogen) atoms. The molecule has 0 atom stereocenters. The largest absolute Gasteiger partial charge is 0.395 e. The number of amides is 1. The van der Waals surface area contributed by atoms with E-state index in [1.807, 2.05) is 0 Å². The van der Waals surface area contributed by atoms with Gasteiger partial charge in [0, 0.05) is 6.42 Å². The summed E-state index contributed by atoms with van der Waals surface area (Å²) in [5.41, 5.74) is 0.468. The van der Waals surface area contributed by atoms with E-state index in [1.54, 1.807) is 18.2 Å². The average Bonchev–Trinajstić information content (AvgIpc) is 2.44. The molecule has 114 valence electrons. The Bertz CT molecular complexity index is 512. The van der Waals surface area contributed by atoms with Crippen LogP contribution in [0.1, 0.15) is 18.5 Å². The second-order valence-corrected chi connectivity index (χ2v) is 3.95. The quantitative estimate of drug-likeness (QED) is 0.590. The molecule has 1 heterocycles. The van der Waals surface area contributed by atoms with Gasteiger partial charge in [0.2, 0.25) is 5.91 Å². The van der Waals surface area contributed by atoms with Crippen molar-refractivity contribution in [3.63, 3.8) is 0 Å². The third kappa shape index (κ3) is 7.97. The third-order valence-corrected chi connectivity index (χ3v) is 2.19. The molecule has 0 aromatic carbocycles. The van der Waals surface area contributed by atoms with E-state index < -0.39 is 13.0 Å². The zero-order chi connectivity index (χ0) is 15.5. The number of pyridine rings is 1. The van der Waals surface area contributed by atoms with Gasteiger partial charge in [-0.05, 0) is 18.1 Å². The van der Waals surface area contributed by atoms with Crippen molar-refractivity contribution in [1.82, 2.24) is 4.98 Å². The molecular formula is C14H16F2N2O3. The standard InChI is InChI=1S/C14H16F2N2O3/c15-12(16)10-21-9-7-14(20)18-13-6-3-5-11(17-13)4-1-2-8-19/h3,5-6,12,19H,2,7-10H2,(H,17,18,20). The number of carbonyl (C=O) groups is 1. The highest BCUT2D eigenvalue weighted by Gasteiger charge is 2.06. The van der Waals surface area contributed by atoms with Gasteiger partial charge in [0.05, 0.1) is 19.6 Å². The molecular weight excluding hydrogens is 282 g/mol. The molecule has 0 aliphatic carbocycles. The van der Waals surface area contributed by atoms with Crippen LogP contribution < -0.4 is 5.32 Å². The van der Waals surface area contributed by atoms with Crippen LogP contribution in [-0.4, -0.2) is 42.2 Å². The van der Waals surface area contributed by atoms with Crippen molar-refractivity contribution in [3.05, 3.63) is 23.9 Å². The van der Waals surface area contributed by atoms with Gasteiger partial charge in [-0.1, -0.05) is 12.0 Å². The second-order valence-electron chi connectivity index (χ2n) is 3.95. The molecule has 0 aliphatic heterocycles. The fourth-order valence-electron chi connectivity index (χ4n) is 1.33. The first-order valence-electron chi connectivity index (χ1n) is 6.34. The second kappa shape index (κ2) is 9.80. The number of anilines is 1. The van der Waals surface area contributed by atoms with Crippen molar-refractivity contribution in [2.75, 3.05) is 25.1 Å². The Morgan fingerprint density at radius 3 is 3.00 bits per heavy atom. The smallest absolute Gasteiger partial charge is 0.261 e. The number of carbonyl (C=O) groups excluding carboxylic acids is 1. The van der Waals surface area contributed by atoms with Crippen LogP contribution in [0.3, 0.4) is 0 Å². The van der Waals surface area contributed by atoms with Crippen molar-refractivity contribution in [2.45, 2.75) is 19.3 Å². The van der Waals surface area contributed by atoms with Gasteiger partial charge in [0.15, 0.2) is 0 Å². The molecule has 0 bridgehead atoms. The SMILES string of the molecule is O=C(CCOCC(F)F)Nc1cccc(C#CCCO)n1. The van der Waals surface area contributed by atoms with Crippen LogP contribution in [0.2, 0.25) is 0 Å². The number of hydrogen-bond acceptors (Lipinski definition) is 4. The first-order valence-corrected chi connectivity index (χ1v) is 6.34. The number of hydrogen-bond donors (Lipinski definition) is 2. The molecule has 1 amide bonds. The summed E-state index contributed by atoms with van der Waals surface area (Å²) in [7, 11) is 0. The van der Waals surface area contributed by atoms with Crippen LogP contribution in [0, 0.1) is 11.8 Å². The summed E-state index contributed by atoms with van der Waals surface area (Å²) in [6.07, 6.45) is -2.22. The third-order valence-electron chi connectivity index (χ3n) is 2.19. The molecule has 0 spiro atoms. The number of aliphatic hydroxyl groups is 1. The first kappa shape index (κ1) is 17.0. The summed E-state index contributed by atoms with van der Waals surface area (Å²) in [5.74, 6) is 5.41. The van der Waals surface area contributed by atoms with Crippen molar-refractivity contribution in [3.8, 4) is 11.8 Å². The lowest BCUT2D eigenvalue weighted by Gasteiger charge is -2.05. The van der Waals surface area contributed by atoms with Gasteiger partial charge in [0.1, 0.15) is 18.1 Å². The lowest BCUT2D eigenvalue weighted by atomic mass is 10.3. The highest BCUT2D eigenvalue weighted by molar-refractivity contribution is 5.89. The maximum absolute atomic E-state index is 11.8. The molecule has 0 saturated heterocycles. The van der Waals surface area contributed by atoms with E-state index in [1.165, 1.54) is 0 Å². The van der Waals surface area contributed by atoms with E-state index in [2.05, 4.69) is 26.9 Å². The van der Waals surface area contributed by atoms with E-state index >= 15 is 0 Å². The summed E-state index contributed by atoms with van der Waals surface area (Å²) in [5, 5.41) is 11.1. The predicted octanol–water partition coefficient (Wildman–Crippen LogP) is 1.43. The van der Waals surface area contributed by atoms with Crippen molar-refractivity contribution < 1.29 is 23.4 Å². The highest BCUT2D eigenvalue weighted by atomic mass is 19.3. The van der Waals surface area contributed by atoms with Crippen LogP contribution >= 0.6 is 0 Å². The first-order chi connectivity index (χ1) is 10.1. The number of ether oxygens (including phenoxy) is 1. The molecule has 5 nitrogen and oxygen atoms in total. The number of aromatic nitrogens is 1. The van der Waals surface area contributed by atoms with Crippen molar-refractivity contribution in [1.29, 1.82) is 0 Å². The van der Waals surface area contributed by atoms with Crippen molar-refractivity contribution >= 4 is 11.7 Å². The zero-order valence-corrected chi connectivity index (χ0v) is 11.3. The summed E-state index contributed by atoms with van der Waals surface area (Å²) in [6, 6.07) is 4.94. The number of alkyl halides is 2. The fourth-order valence-corrected chi connectivity index (χ4v) is 1.33. The van der Waals surface area contributed by atoms with Crippen molar-refractivity contribution in [2.24, 2.45) is 0 Å². The van der Waals surface area contributed by atoms with Gasteiger partial charge in [-0.3, -0.25) is 4.79 Å². The van der Waals surface area contributed by atoms with Crippen LogP contribution in [0.25, 0.3) is 0 Å². The molecule has 2 N–H and O–H groups in total. The van der Waals surface area contributed by atoms with Gasteiger partial charge < -0.3 is 15.2 Å². The maximum atomic E-state index is 11.8. The number of nitrogens with zero attached hydrogens (tertiary/aromatic N) is 1. The van der Waals surface area contributed by atoms with Crippen LogP contribution in [0.5, 0.6) is 0 Å². The van der Waals surface area contributed by atoms with Crippen LogP contribution in [0.4, 0.5) is 14.6 Å². The Morgan fingerprint density at radius 1 is 1.48 bits per heavy atom. The fraction of sp³-hybridized carbons (Fsp3) is 0.429. The molecule has 0 unspecified atom stereocenters. The Kier molecular flexibility index (Phi) is 7.94. The minimum absolute atomic E-state index is 0.0258. The highest BCUT2D eigenvalue weighted by Crippen LogP contribution is 2.05. The molecule has 1 rings (SSSR count). The minimum atomic E-state index is -2.54. The summed E-state index contributed by atoms with van der Waals surface area (Å²) >= 11 is 0. The van der Waals surface area contributed by atoms with E-state index in [0.717, 1.165) is 0 Å². The van der Waals surface area contributed by atoms with Crippen LogP contribution in [0.15, 0.2) is 18.2 Å². The number of nitrogens with one attached hydrogen (secondary N) is 1. The maximum Gasteiger partial charge on any atom is 0.261 e. The Labute approximate surface area is 121 Å². The zero-order valence-electron chi connectivity index (χ0n) is 11.3. The number of aliphatic hydroxyl groups excluding tert-OH is 1. The molecule has 0 radical (unpaired) electrons. The molecule has 0 saturated carbocycles. The summed E-state index contributed by atoms with van der Waals surface area (Å²) in [4.78, 5) is 15.6.